The minimum Gasteiger partial charge on any atom is -0.593 e. The minimum atomic E-state index is -2.88. The molecule has 224 valence electrons. The predicted octanol–water partition coefficient (Wildman–Crippen LogP) is 6.04. The molecule has 0 bridgehead atoms. The first-order chi connectivity index (χ1) is 20.9. The molecule has 0 spiro atoms. The van der Waals surface area contributed by atoms with Crippen molar-refractivity contribution < 1.29 is 27.2 Å². The van der Waals surface area contributed by atoms with Gasteiger partial charge in [-0.15, -0.1) is 0 Å². The van der Waals surface area contributed by atoms with Gasteiger partial charge in [-0.3, -0.25) is 4.57 Å². The minimum absolute atomic E-state index is 0.0137. The van der Waals surface area contributed by atoms with Crippen LogP contribution in [0.4, 0.5) is 24.7 Å². The van der Waals surface area contributed by atoms with Crippen LogP contribution >= 0.6 is 0 Å². The van der Waals surface area contributed by atoms with Crippen molar-refractivity contribution in [2.45, 2.75) is 19.8 Å². The maximum absolute atomic E-state index is 15.8. The highest BCUT2D eigenvalue weighted by molar-refractivity contribution is 7.92. The molecule has 9 nitrogen and oxygen atoms in total. The molecule has 0 radical (unpaired) electrons. The zero-order chi connectivity index (χ0) is 30.1. The van der Waals surface area contributed by atoms with Crippen molar-refractivity contribution in [1.29, 1.82) is 0 Å². The third kappa shape index (κ3) is 5.55. The van der Waals surface area contributed by atoms with E-state index in [1.807, 2.05) is 11.8 Å². The first kappa shape index (κ1) is 29.0. The Labute approximate surface area is 249 Å². The number of methoxy groups -OCH3 is 1. The third-order valence-corrected chi connectivity index (χ3v) is 8.40. The number of alkyl halides is 2. The molecule has 1 unspecified atom stereocenters. The smallest absolute Gasteiger partial charge is 0.296 e. The lowest BCUT2D eigenvalue weighted by Gasteiger charge is -2.29. The monoisotopic (exact) mass is 610 g/mol. The Morgan fingerprint density at radius 1 is 1.07 bits per heavy atom. The summed E-state index contributed by atoms with van der Waals surface area (Å²) in [6.07, 6.45) is -2.19. The molecule has 1 N–H and O–H groups in total. The van der Waals surface area contributed by atoms with E-state index in [-0.39, 0.29) is 17.2 Å². The molecular weight excluding hydrogens is 581 g/mol. The third-order valence-electron chi connectivity index (χ3n) is 7.17. The normalized spacial score (nSPS) is 14.5. The Hall–Kier alpha value is -4.07. The van der Waals surface area contributed by atoms with Gasteiger partial charge >= 0.3 is 0 Å². The average Bonchev–Trinajstić information content (AvgIpc) is 3.42. The van der Waals surface area contributed by atoms with E-state index in [1.54, 1.807) is 48.5 Å². The lowest BCUT2D eigenvalue weighted by molar-refractivity contribution is 0.122. The molecule has 0 saturated carbocycles. The van der Waals surface area contributed by atoms with E-state index in [0.717, 1.165) is 0 Å². The number of benzene rings is 3. The highest BCUT2D eigenvalue weighted by Gasteiger charge is 2.26. The Balaban J connectivity index is 1.58. The summed E-state index contributed by atoms with van der Waals surface area (Å²) in [5.74, 6) is 0.136. The molecule has 1 aliphatic rings. The van der Waals surface area contributed by atoms with Crippen molar-refractivity contribution >= 4 is 44.8 Å². The summed E-state index contributed by atoms with van der Waals surface area (Å²) in [6.45, 7) is 3.80. The van der Waals surface area contributed by atoms with Crippen LogP contribution in [0.15, 0.2) is 54.6 Å². The molecule has 0 amide bonds. The van der Waals surface area contributed by atoms with Crippen LogP contribution in [0, 0.1) is 5.82 Å². The first-order valence-corrected chi connectivity index (χ1v) is 15.1. The summed E-state index contributed by atoms with van der Waals surface area (Å²) < 4.78 is 71.9. The van der Waals surface area contributed by atoms with Gasteiger partial charge in [-0.25, -0.2) is 27.9 Å². The van der Waals surface area contributed by atoms with Gasteiger partial charge in [0.25, 0.3) is 6.43 Å². The number of halogens is 3. The molecule has 3 aromatic carbocycles. The predicted molar refractivity (Wildman–Crippen MR) is 161 cm³/mol. The van der Waals surface area contributed by atoms with Crippen molar-refractivity contribution in [3.63, 3.8) is 0 Å². The van der Waals surface area contributed by atoms with Crippen LogP contribution in [-0.2, 0) is 16.1 Å². The number of anilines is 2. The molecule has 13 heteroatoms. The van der Waals surface area contributed by atoms with E-state index in [0.29, 0.717) is 77.5 Å². The molecular formula is C30H29F3N6O3S. The number of nitrogens with one attached hydrogen (secondary N) is 1. The summed E-state index contributed by atoms with van der Waals surface area (Å²) in [4.78, 5) is 15.7. The Bertz CT molecular complexity index is 1780. The maximum Gasteiger partial charge on any atom is 0.296 e. The Morgan fingerprint density at radius 3 is 2.60 bits per heavy atom. The number of ether oxygens (including phenoxy) is 2. The van der Waals surface area contributed by atoms with Gasteiger partial charge in [-0.1, -0.05) is 31.2 Å². The number of hydrogen-bond donors (Lipinski definition) is 1. The SMILES string of the molecule is CCC[S+]([O-])Nc1cccc(-c2cc(OC)c3nc(-n4c(C(F)F)nc5ccccc54)nc(N4CCOCC4)c3c2)c1F. The fraction of sp³-hybridized carbons (Fsp3) is 0.300. The summed E-state index contributed by atoms with van der Waals surface area (Å²) in [5.41, 5.74) is 2.06. The summed E-state index contributed by atoms with van der Waals surface area (Å²) >= 11 is -1.43. The van der Waals surface area contributed by atoms with Crippen LogP contribution in [0.2, 0.25) is 0 Å². The van der Waals surface area contributed by atoms with E-state index in [2.05, 4.69) is 9.71 Å². The summed E-state index contributed by atoms with van der Waals surface area (Å²) in [6, 6.07) is 15.1. The highest BCUT2D eigenvalue weighted by Crippen LogP contribution is 2.39. The van der Waals surface area contributed by atoms with Crippen LogP contribution in [0.5, 0.6) is 5.75 Å². The van der Waals surface area contributed by atoms with Crippen LogP contribution in [0.3, 0.4) is 0 Å². The maximum atomic E-state index is 15.8. The second-order valence-electron chi connectivity index (χ2n) is 9.93. The number of fused-ring (bicyclic) bond motifs is 2. The molecule has 1 saturated heterocycles. The molecule has 5 aromatic rings. The van der Waals surface area contributed by atoms with Crippen molar-refractivity contribution in [3.8, 4) is 22.8 Å². The molecule has 1 fully saturated rings. The second kappa shape index (κ2) is 12.3. The van der Waals surface area contributed by atoms with Gasteiger partial charge in [0.15, 0.2) is 11.6 Å². The fourth-order valence-electron chi connectivity index (χ4n) is 5.19. The van der Waals surface area contributed by atoms with Gasteiger partial charge in [0, 0.05) is 24.0 Å². The fourth-order valence-corrected chi connectivity index (χ4v) is 6.07. The largest absolute Gasteiger partial charge is 0.593 e. The zero-order valence-corrected chi connectivity index (χ0v) is 24.3. The van der Waals surface area contributed by atoms with Crippen molar-refractivity contribution in [3.05, 3.63) is 66.2 Å². The van der Waals surface area contributed by atoms with Gasteiger partial charge in [0.1, 0.15) is 28.5 Å². The standard InChI is InChI=1S/C30H29F3N6O3S/c1-3-15-43(40)37-22-9-6-7-19(25(22)31)18-16-20-26(24(17-18)41-2)35-30(36-28(20)38-11-13-42-14-12-38)39-23-10-5-4-8-21(23)34-29(39)27(32)33/h4-10,16-17,27,37H,3,11-15H2,1-2H3. The number of para-hydroxylation sites is 2. The average molecular weight is 611 g/mol. The number of morpholine rings is 1. The molecule has 1 atom stereocenters. The van der Waals surface area contributed by atoms with Crippen molar-refractivity contribution in [2.75, 3.05) is 48.8 Å². The highest BCUT2D eigenvalue weighted by atomic mass is 32.2. The van der Waals surface area contributed by atoms with E-state index in [9.17, 15) is 13.3 Å². The van der Waals surface area contributed by atoms with Crippen LogP contribution in [-0.4, -0.2) is 63.2 Å². The molecule has 2 aromatic heterocycles. The Morgan fingerprint density at radius 2 is 1.86 bits per heavy atom. The molecule has 43 heavy (non-hydrogen) atoms. The van der Waals surface area contributed by atoms with E-state index >= 15 is 4.39 Å². The van der Waals surface area contributed by atoms with E-state index in [4.69, 9.17) is 19.4 Å². The van der Waals surface area contributed by atoms with Gasteiger partial charge in [0.2, 0.25) is 5.95 Å². The van der Waals surface area contributed by atoms with Crippen LogP contribution in [0.25, 0.3) is 39.0 Å². The zero-order valence-electron chi connectivity index (χ0n) is 23.5. The van der Waals surface area contributed by atoms with Crippen LogP contribution < -0.4 is 14.4 Å². The number of hydrogen-bond acceptors (Lipinski definition) is 8. The lowest BCUT2D eigenvalue weighted by atomic mass is 10.0. The molecule has 1 aliphatic heterocycles. The lowest BCUT2D eigenvalue weighted by Crippen LogP contribution is -2.37. The number of rotatable bonds is 9. The topological polar surface area (TPSA) is 100 Å². The van der Waals surface area contributed by atoms with Gasteiger partial charge < -0.3 is 18.9 Å². The number of imidazole rings is 1. The Kier molecular flexibility index (Phi) is 8.28. The van der Waals surface area contributed by atoms with E-state index in [1.165, 1.54) is 17.7 Å². The first-order valence-electron chi connectivity index (χ1n) is 13.8. The molecule has 0 aliphatic carbocycles. The van der Waals surface area contributed by atoms with Gasteiger partial charge in [-0.05, 0) is 42.3 Å². The van der Waals surface area contributed by atoms with Crippen molar-refractivity contribution in [2.24, 2.45) is 0 Å². The number of nitrogens with zero attached hydrogens (tertiary/aromatic N) is 5. The molecule has 3 heterocycles. The van der Waals surface area contributed by atoms with Crippen molar-refractivity contribution in [1.82, 2.24) is 19.5 Å². The molecule has 6 rings (SSSR count). The van der Waals surface area contributed by atoms with E-state index < -0.39 is 29.4 Å². The second-order valence-corrected chi connectivity index (χ2v) is 11.2. The van der Waals surface area contributed by atoms with Gasteiger partial charge in [-0.2, -0.15) is 4.98 Å². The summed E-state index contributed by atoms with van der Waals surface area (Å²) in [7, 11) is 1.47. The summed E-state index contributed by atoms with van der Waals surface area (Å²) in [5, 5.41) is 0.551. The quantitative estimate of drug-likeness (QED) is 0.202. The van der Waals surface area contributed by atoms with Gasteiger partial charge in [0.05, 0.1) is 42.7 Å². The number of aromatic nitrogens is 4. The van der Waals surface area contributed by atoms with Crippen LogP contribution in [0.1, 0.15) is 25.6 Å².